The minimum atomic E-state index is -0.437. The molecule has 108 valence electrons. The minimum Gasteiger partial charge on any atom is -0.503 e. The van der Waals surface area contributed by atoms with Crippen molar-refractivity contribution in [2.24, 2.45) is 0 Å². The fraction of sp³-hybridized carbons (Fsp3) is 0.500. The molecule has 1 N–H and O–H groups in total. The summed E-state index contributed by atoms with van der Waals surface area (Å²) in [5, 5.41) is 19.4. The molecule has 0 spiro atoms. The van der Waals surface area contributed by atoms with Crippen LogP contribution in [-0.2, 0) is 4.74 Å². The zero-order valence-corrected chi connectivity index (χ0v) is 12.2. The normalized spacial score (nSPS) is 21.2. The molecule has 1 aromatic carbocycles. The van der Waals surface area contributed by atoms with E-state index in [-0.39, 0.29) is 22.6 Å². The maximum atomic E-state index is 9.76. The Hall–Kier alpha value is -1.48. The Labute approximate surface area is 123 Å². The molecule has 1 aliphatic heterocycles. The number of nitriles is 1. The Morgan fingerprint density at radius 1 is 1.60 bits per heavy atom. The molecule has 1 fully saturated rings. The summed E-state index contributed by atoms with van der Waals surface area (Å²) in [7, 11) is 1.45. The molecule has 1 aliphatic rings. The van der Waals surface area contributed by atoms with Gasteiger partial charge in [0.25, 0.3) is 0 Å². The van der Waals surface area contributed by atoms with Crippen LogP contribution in [0.2, 0.25) is 5.02 Å². The quantitative estimate of drug-likeness (QED) is 0.927. The van der Waals surface area contributed by atoms with Crippen molar-refractivity contribution in [2.45, 2.75) is 19.1 Å². The van der Waals surface area contributed by atoms with Crippen LogP contribution in [0.4, 0.5) is 0 Å². The Morgan fingerprint density at radius 2 is 2.35 bits per heavy atom. The highest BCUT2D eigenvalue weighted by molar-refractivity contribution is 6.32. The van der Waals surface area contributed by atoms with E-state index in [2.05, 4.69) is 6.07 Å². The molecule has 6 heteroatoms. The van der Waals surface area contributed by atoms with Crippen molar-refractivity contribution in [3.63, 3.8) is 0 Å². The number of phenols is 1. The topological polar surface area (TPSA) is 65.7 Å². The van der Waals surface area contributed by atoms with Crippen molar-refractivity contribution >= 4 is 11.6 Å². The Balaban J connectivity index is 2.32. The standard InChI is InChI=1S/C14H17ClN2O3/c1-9-8-17(3-4-20-9)12(7-16)10-5-11(15)14(18)13(6-10)19-2/h5-6,9,12,18H,3-4,8H2,1-2H3. The average Bonchev–Trinajstić information content (AvgIpc) is 2.43. The summed E-state index contributed by atoms with van der Waals surface area (Å²) in [6.45, 7) is 3.94. The number of nitrogens with zero attached hydrogens (tertiary/aromatic N) is 2. The Kier molecular flexibility index (Phi) is 4.71. The molecule has 2 rings (SSSR count). The van der Waals surface area contributed by atoms with Gasteiger partial charge in [-0.25, -0.2) is 0 Å². The average molecular weight is 297 g/mol. The predicted octanol–water partition coefficient (Wildman–Crippen LogP) is 2.34. The van der Waals surface area contributed by atoms with E-state index in [9.17, 15) is 10.4 Å². The van der Waals surface area contributed by atoms with Gasteiger partial charge in [-0.2, -0.15) is 5.26 Å². The van der Waals surface area contributed by atoms with Crippen LogP contribution in [0.5, 0.6) is 11.5 Å². The lowest BCUT2D eigenvalue weighted by atomic mass is 10.0. The van der Waals surface area contributed by atoms with Gasteiger partial charge in [0.05, 0.1) is 30.9 Å². The highest BCUT2D eigenvalue weighted by atomic mass is 35.5. The van der Waals surface area contributed by atoms with Crippen LogP contribution in [0, 0.1) is 11.3 Å². The number of halogens is 1. The van der Waals surface area contributed by atoms with Crippen LogP contribution in [-0.4, -0.2) is 42.9 Å². The number of morpholine rings is 1. The monoisotopic (exact) mass is 296 g/mol. The number of methoxy groups -OCH3 is 1. The van der Waals surface area contributed by atoms with Crippen molar-refractivity contribution in [2.75, 3.05) is 26.8 Å². The number of hydrogen-bond acceptors (Lipinski definition) is 5. The molecule has 0 aliphatic carbocycles. The summed E-state index contributed by atoms with van der Waals surface area (Å²) in [5.74, 6) is 0.166. The van der Waals surface area contributed by atoms with E-state index in [0.717, 1.165) is 0 Å². The molecule has 2 atom stereocenters. The zero-order valence-electron chi connectivity index (χ0n) is 11.5. The second-order valence-corrected chi connectivity index (χ2v) is 5.17. The van der Waals surface area contributed by atoms with E-state index in [1.807, 2.05) is 11.8 Å². The van der Waals surface area contributed by atoms with E-state index >= 15 is 0 Å². The number of ether oxygens (including phenoxy) is 2. The van der Waals surface area contributed by atoms with Crippen LogP contribution < -0.4 is 4.74 Å². The third-order valence-electron chi connectivity index (χ3n) is 3.35. The number of hydrogen-bond donors (Lipinski definition) is 1. The number of benzene rings is 1. The lowest BCUT2D eigenvalue weighted by molar-refractivity contribution is -0.0269. The van der Waals surface area contributed by atoms with Gasteiger partial charge >= 0.3 is 0 Å². The maximum Gasteiger partial charge on any atom is 0.176 e. The van der Waals surface area contributed by atoms with Crippen LogP contribution in [0.15, 0.2) is 12.1 Å². The predicted molar refractivity (Wildman–Crippen MR) is 75.0 cm³/mol. The van der Waals surface area contributed by atoms with Gasteiger partial charge in [0.15, 0.2) is 11.5 Å². The summed E-state index contributed by atoms with van der Waals surface area (Å²) in [5.41, 5.74) is 0.709. The second kappa shape index (κ2) is 6.31. The van der Waals surface area contributed by atoms with Gasteiger partial charge < -0.3 is 14.6 Å². The third kappa shape index (κ3) is 2.98. The van der Waals surface area contributed by atoms with Crippen molar-refractivity contribution < 1.29 is 14.6 Å². The van der Waals surface area contributed by atoms with Crippen LogP contribution in [0.3, 0.4) is 0 Å². The number of aromatic hydroxyl groups is 1. The molecular weight excluding hydrogens is 280 g/mol. The molecule has 1 heterocycles. The summed E-state index contributed by atoms with van der Waals surface area (Å²) in [6, 6.07) is 5.10. The molecule has 5 nitrogen and oxygen atoms in total. The van der Waals surface area contributed by atoms with Gasteiger partial charge in [-0.15, -0.1) is 0 Å². The first-order valence-electron chi connectivity index (χ1n) is 6.38. The van der Waals surface area contributed by atoms with Crippen LogP contribution in [0.1, 0.15) is 18.5 Å². The molecule has 2 unspecified atom stereocenters. The molecule has 20 heavy (non-hydrogen) atoms. The van der Waals surface area contributed by atoms with Crippen molar-refractivity contribution in [3.05, 3.63) is 22.7 Å². The first-order valence-corrected chi connectivity index (χ1v) is 6.76. The lowest BCUT2D eigenvalue weighted by Crippen LogP contribution is -2.42. The van der Waals surface area contributed by atoms with E-state index in [1.54, 1.807) is 12.1 Å². The zero-order chi connectivity index (χ0) is 14.7. The molecule has 1 aromatic rings. The first-order chi connectivity index (χ1) is 9.56. The van der Waals surface area contributed by atoms with Crippen molar-refractivity contribution in [1.82, 2.24) is 4.90 Å². The minimum absolute atomic E-state index is 0.0917. The number of phenolic OH excluding ortho intramolecular Hbond substituents is 1. The summed E-state index contributed by atoms with van der Waals surface area (Å²) in [4.78, 5) is 2.04. The largest absolute Gasteiger partial charge is 0.503 e. The summed E-state index contributed by atoms with van der Waals surface area (Å²) >= 11 is 5.98. The smallest absolute Gasteiger partial charge is 0.176 e. The second-order valence-electron chi connectivity index (χ2n) is 4.76. The van der Waals surface area contributed by atoms with Gasteiger partial charge in [0.1, 0.15) is 6.04 Å². The molecule has 0 aromatic heterocycles. The van der Waals surface area contributed by atoms with Gasteiger partial charge in [-0.05, 0) is 24.6 Å². The van der Waals surface area contributed by atoms with Gasteiger partial charge in [0, 0.05) is 13.1 Å². The molecule has 0 radical (unpaired) electrons. The highest BCUT2D eigenvalue weighted by Gasteiger charge is 2.26. The maximum absolute atomic E-state index is 9.76. The van der Waals surface area contributed by atoms with E-state index in [4.69, 9.17) is 21.1 Å². The van der Waals surface area contributed by atoms with Crippen molar-refractivity contribution in [3.8, 4) is 17.6 Å². The van der Waals surface area contributed by atoms with Gasteiger partial charge in [-0.1, -0.05) is 11.6 Å². The summed E-state index contributed by atoms with van der Waals surface area (Å²) in [6.07, 6.45) is 0.0917. The highest BCUT2D eigenvalue weighted by Crippen LogP contribution is 2.37. The SMILES string of the molecule is COc1cc(C(C#N)N2CCOC(C)C2)cc(Cl)c1O. The van der Waals surface area contributed by atoms with E-state index in [1.165, 1.54) is 7.11 Å². The van der Waals surface area contributed by atoms with Gasteiger partial charge in [0.2, 0.25) is 0 Å². The molecule has 0 bridgehead atoms. The number of rotatable bonds is 3. The van der Waals surface area contributed by atoms with Gasteiger partial charge in [-0.3, -0.25) is 4.90 Å². The molecular formula is C14H17ClN2O3. The molecule has 0 saturated carbocycles. The van der Waals surface area contributed by atoms with Crippen molar-refractivity contribution in [1.29, 1.82) is 5.26 Å². The Morgan fingerprint density at radius 3 is 2.95 bits per heavy atom. The fourth-order valence-corrected chi connectivity index (χ4v) is 2.57. The third-order valence-corrected chi connectivity index (χ3v) is 3.63. The van der Waals surface area contributed by atoms with E-state index in [0.29, 0.717) is 25.3 Å². The van der Waals surface area contributed by atoms with E-state index < -0.39 is 6.04 Å². The summed E-state index contributed by atoms with van der Waals surface area (Å²) < 4.78 is 10.6. The Bertz CT molecular complexity index is 530. The first kappa shape index (κ1) is 14.9. The van der Waals surface area contributed by atoms with Crippen LogP contribution in [0.25, 0.3) is 0 Å². The van der Waals surface area contributed by atoms with Crippen LogP contribution >= 0.6 is 11.6 Å². The molecule has 1 saturated heterocycles. The lowest BCUT2D eigenvalue weighted by Gasteiger charge is -2.34. The molecule has 0 amide bonds. The fourth-order valence-electron chi connectivity index (χ4n) is 2.35.